The molecule has 0 bridgehead atoms. The second-order valence-corrected chi connectivity index (χ2v) is 6.44. The lowest BCUT2D eigenvalue weighted by Crippen LogP contribution is -2.31. The van der Waals surface area contributed by atoms with Crippen LogP contribution < -0.4 is 5.73 Å². The van der Waals surface area contributed by atoms with Gasteiger partial charge in [-0.3, -0.25) is 4.79 Å². The number of fused-ring (bicyclic) bond motifs is 1. The summed E-state index contributed by atoms with van der Waals surface area (Å²) in [6.45, 7) is 2.78. The lowest BCUT2D eigenvalue weighted by Gasteiger charge is -2.22. The molecular weight excluding hydrogens is 318 g/mol. The van der Waals surface area contributed by atoms with Gasteiger partial charge in [0.15, 0.2) is 5.82 Å². The van der Waals surface area contributed by atoms with Gasteiger partial charge in [-0.05, 0) is 37.0 Å². The molecule has 4 rings (SSSR count). The van der Waals surface area contributed by atoms with Crippen molar-refractivity contribution in [2.45, 2.75) is 32.2 Å². The minimum absolute atomic E-state index is 0.0412. The molecule has 1 fully saturated rings. The topological polar surface area (TPSA) is 90.2 Å². The molecule has 0 radical (unpaired) electrons. The number of anilines is 1. The predicted octanol–water partition coefficient (Wildman–Crippen LogP) is 2.68. The number of amides is 1. The number of aryl methyl sites for hydroxylation is 2. The van der Waals surface area contributed by atoms with E-state index >= 15 is 0 Å². The van der Waals surface area contributed by atoms with Crippen LogP contribution in [0, 0.1) is 0 Å². The van der Waals surface area contributed by atoms with Crippen LogP contribution in [0.4, 0.5) is 5.95 Å². The van der Waals surface area contributed by atoms with Gasteiger partial charge in [-0.2, -0.15) is 10.1 Å². The molecule has 2 N–H and O–H groups in total. The zero-order valence-electron chi connectivity index (χ0n) is 14.4. The molecule has 0 spiro atoms. The fourth-order valence-corrected chi connectivity index (χ4v) is 3.45. The van der Waals surface area contributed by atoms with Crippen LogP contribution >= 0.6 is 0 Å². The molecule has 1 atom stereocenters. The number of nitrogens with two attached hydrogens (primary N) is 1. The molecule has 7 heteroatoms. The maximum Gasteiger partial charge on any atom is 0.258 e. The maximum atomic E-state index is 13.2. The van der Waals surface area contributed by atoms with Crippen molar-refractivity contribution in [1.29, 1.82) is 0 Å². The smallest absolute Gasteiger partial charge is 0.258 e. The first-order chi connectivity index (χ1) is 12.1. The molecule has 1 amide bonds. The minimum atomic E-state index is -0.143. The molecule has 2 aromatic heterocycles. The first kappa shape index (κ1) is 15.7. The van der Waals surface area contributed by atoms with Gasteiger partial charge in [0, 0.05) is 19.0 Å². The minimum Gasteiger partial charge on any atom is -0.463 e. The average molecular weight is 339 g/mol. The Balaban J connectivity index is 1.70. The van der Waals surface area contributed by atoms with Gasteiger partial charge in [0.05, 0.1) is 11.6 Å². The number of nitrogen functional groups attached to an aromatic ring is 1. The third-order valence-electron chi connectivity index (χ3n) is 4.90. The SMILES string of the molecule is CCc1ccc2occ(C(=O)N3CCCC3c3nc(N)n(C)n3)c2c1. The third-order valence-corrected chi connectivity index (χ3v) is 4.90. The van der Waals surface area contributed by atoms with E-state index < -0.39 is 0 Å². The Bertz CT molecular complexity index is 923. The van der Waals surface area contributed by atoms with Crippen LogP contribution in [0.5, 0.6) is 0 Å². The van der Waals surface area contributed by atoms with E-state index in [9.17, 15) is 4.79 Å². The molecule has 3 aromatic rings. The first-order valence-electron chi connectivity index (χ1n) is 8.56. The Hall–Kier alpha value is -2.83. The molecule has 1 aliphatic rings. The molecule has 7 nitrogen and oxygen atoms in total. The number of hydrogen-bond acceptors (Lipinski definition) is 5. The monoisotopic (exact) mass is 339 g/mol. The number of benzene rings is 1. The fourth-order valence-electron chi connectivity index (χ4n) is 3.45. The van der Waals surface area contributed by atoms with E-state index in [1.54, 1.807) is 13.3 Å². The molecule has 3 heterocycles. The summed E-state index contributed by atoms with van der Waals surface area (Å²) in [6, 6.07) is 5.84. The number of rotatable bonds is 3. The van der Waals surface area contributed by atoms with Crippen molar-refractivity contribution in [3.63, 3.8) is 0 Å². The molecule has 1 aromatic carbocycles. The lowest BCUT2D eigenvalue weighted by molar-refractivity contribution is 0.0731. The van der Waals surface area contributed by atoms with E-state index in [1.165, 1.54) is 10.2 Å². The molecule has 0 saturated carbocycles. The second-order valence-electron chi connectivity index (χ2n) is 6.44. The Morgan fingerprint density at radius 1 is 1.44 bits per heavy atom. The van der Waals surface area contributed by atoms with Crippen molar-refractivity contribution in [2.24, 2.45) is 7.05 Å². The predicted molar refractivity (Wildman–Crippen MR) is 94.0 cm³/mol. The fraction of sp³-hybridized carbons (Fsp3) is 0.389. The van der Waals surface area contributed by atoms with E-state index in [0.717, 1.165) is 30.2 Å². The van der Waals surface area contributed by atoms with Gasteiger partial charge in [0.25, 0.3) is 5.91 Å². The number of aromatic nitrogens is 3. The number of carbonyl (C=O) groups is 1. The van der Waals surface area contributed by atoms with Crippen molar-refractivity contribution in [1.82, 2.24) is 19.7 Å². The van der Waals surface area contributed by atoms with E-state index in [4.69, 9.17) is 10.2 Å². The highest BCUT2D eigenvalue weighted by molar-refractivity contribution is 6.06. The second kappa shape index (κ2) is 5.91. The zero-order chi connectivity index (χ0) is 17.6. The van der Waals surface area contributed by atoms with Crippen molar-refractivity contribution in [2.75, 3.05) is 12.3 Å². The van der Waals surface area contributed by atoms with Crippen LogP contribution in [0.25, 0.3) is 11.0 Å². The van der Waals surface area contributed by atoms with Crippen molar-refractivity contribution in [3.05, 3.63) is 41.4 Å². The van der Waals surface area contributed by atoms with Gasteiger partial charge < -0.3 is 15.1 Å². The van der Waals surface area contributed by atoms with Crippen LogP contribution in [0.3, 0.4) is 0 Å². The van der Waals surface area contributed by atoms with Crippen LogP contribution in [0.2, 0.25) is 0 Å². The summed E-state index contributed by atoms with van der Waals surface area (Å²) in [4.78, 5) is 19.3. The summed E-state index contributed by atoms with van der Waals surface area (Å²) in [5, 5.41) is 5.22. The van der Waals surface area contributed by atoms with Crippen LogP contribution in [0.1, 0.15) is 47.6 Å². The number of nitrogens with zero attached hydrogens (tertiary/aromatic N) is 4. The third kappa shape index (κ3) is 2.56. The number of carbonyl (C=O) groups excluding carboxylic acids is 1. The highest BCUT2D eigenvalue weighted by Gasteiger charge is 2.34. The molecule has 25 heavy (non-hydrogen) atoms. The summed E-state index contributed by atoms with van der Waals surface area (Å²) in [5.41, 5.74) is 8.31. The Labute approximate surface area is 145 Å². The van der Waals surface area contributed by atoms with Crippen LogP contribution in [-0.4, -0.2) is 32.1 Å². The molecule has 1 unspecified atom stereocenters. The van der Waals surface area contributed by atoms with E-state index in [1.807, 2.05) is 23.1 Å². The van der Waals surface area contributed by atoms with Crippen LogP contribution in [-0.2, 0) is 13.5 Å². The zero-order valence-corrected chi connectivity index (χ0v) is 14.4. The van der Waals surface area contributed by atoms with Gasteiger partial charge in [-0.25, -0.2) is 4.68 Å². The summed E-state index contributed by atoms with van der Waals surface area (Å²) >= 11 is 0. The Morgan fingerprint density at radius 3 is 3.00 bits per heavy atom. The van der Waals surface area contributed by atoms with E-state index in [2.05, 4.69) is 17.0 Å². The van der Waals surface area contributed by atoms with Gasteiger partial charge in [-0.1, -0.05) is 13.0 Å². The Morgan fingerprint density at radius 2 is 2.28 bits per heavy atom. The average Bonchev–Trinajstić information content (AvgIpc) is 3.32. The summed E-state index contributed by atoms with van der Waals surface area (Å²) in [5.74, 6) is 0.920. The van der Waals surface area contributed by atoms with Crippen molar-refractivity contribution in [3.8, 4) is 0 Å². The summed E-state index contributed by atoms with van der Waals surface area (Å²) in [7, 11) is 1.75. The van der Waals surface area contributed by atoms with Gasteiger partial charge in [0.2, 0.25) is 5.95 Å². The molecule has 0 aliphatic carbocycles. The standard InChI is InChI=1S/C18H21N5O2/c1-3-11-6-7-15-12(9-11)13(10-25-15)17(24)23-8-4-5-14(23)16-20-18(19)22(2)21-16/h6-7,9-10,14H,3-5,8H2,1-2H3,(H2,19,20,21). The molecule has 1 aliphatic heterocycles. The maximum absolute atomic E-state index is 13.2. The van der Waals surface area contributed by atoms with Gasteiger partial charge in [-0.15, -0.1) is 0 Å². The van der Waals surface area contributed by atoms with E-state index in [-0.39, 0.29) is 11.9 Å². The summed E-state index contributed by atoms with van der Waals surface area (Å²) in [6.07, 6.45) is 4.23. The van der Waals surface area contributed by atoms with Crippen molar-refractivity contribution >= 4 is 22.8 Å². The van der Waals surface area contributed by atoms with E-state index in [0.29, 0.717) is 23.9 Å². The number of hydrogen-bond donors (Lipinski definition) is 1. The first-order valence-corrected chi connectivity index (χ1v) is 8.56. The van der Waals surface area contributed by atoms with Gasteiger partial charge in [0.1, 0.15) is 11.8 Å². The highest BCUT2D eigenvalue weighted by atomic mass is 16.3. The normalized spacial score (nSPS) is 17.5. The molecular formula is C18H21N5O2. The highest BCUT2D eigenvalue weighted by Crippen LogP contribution is 2.33. The quantitative estimate of drug-likeness (QED) is 0.792. The Kier molecular flexibility index (Phi) is 3.71. The number of likely N-dealkylation sites (tertiary alicyclic amines) is 1. The largest absolute Gasteiger partial charge is 0.463 e. The lowest BCUT2D eigenvalue weighted by atomic mass is 10.1. The molecule has 1 saturated heterocycles. The molecule has 130 valence electrons. The summed E-state index contributed by atoms with van der Waals surface area (Å²) < 4.78 is 7.13. The number of furan rings is 1. The van der Waals surface area contributed by atoms with Crippen molar-refractivity contribution < 1.29 is 9.21 Å². The van der Waals surface area contributed by atoms with Gasteiger partial charge >= 0.3 is 0 Å². The van der Waals surface area contributed by atoms with Crippen LogP contribution in [0.15, 0.2) is 28.9 Å².